The summed E-state index contributed by atoms with van der Waals surface area (Å²) in [6.07, 6.45) is 2.05. The van der Waals surface area contributed by atoms with Crippen LogP contribution in [0.2, 0.25) is 0 Å². The molecule has 24 heavy (non-hydrogen) atoms. The second-order valence-corrected chi connectivity index (χ2v) is 5.46. The van der Waals surface area contributed by atoms with E-state index < -0.39 is 9.85 Å². The van der Waals surface area contributed by atoms with Crippen LogP contribution in [-0.2, 0) is 0 Å². The van der Waals surface area contributed by atoms with Crippen molar-refractivity contribution in [3.63, 3.8) is 0 Å². The van der Waals surface area contributed by atoms with Gasteiger partial charge in [-0.3, -0.25) is 25.7 Å². The van der Waals surface area contributed by atoms with Crippen molar-refractivity contribution < 1.29 is 9.85 Å². The average Bonchev–Trinajstić information content (AvgIpc) is 3.41. The van der Waals surface area contributed by atoms with Crippen LogP contribution in [0.3, 0.4) is 0 Å². The molecule has 3 rings (SSSR count). The van der Waals surface area contributed by atoms with Crippen molar-refractivity contribution in [1.82, 2.24) is 0 Å². The van der Waals surface area contributed by atoms with Crippen LogP contribution in [0, 0.1) is 26.1 Å². The molecule has 1 N–H and O–H groups in total. The fourth-order valence-electron chi connectivity index (χ4n) is 2.36. The monoisotopic (exact) mass is 326 g/mol. The van der Waals surface area contributed by atoms with E-state index in [2.05, 4.69) is 10.5 Å². The Morgan fingerprint density at radius 1 is 1.04 bits per heavy atom. The van der Waals surface area contributed by atoms with Crippen molar-refractivity contribution in [2.75, 3.05) is 5.43 Å². The first-order valence-electron chi connectivity index (χ1n) is 7.38. The molecule has 0 radical (unpaired) electrons. The van der Waals surface area contributed by atoms with E-state index in [1.807, 2.05) is 30.3 Å². The third-order valence-electron chi connectivity index (χ3n) is 3.72. The first-order chi connectivity index (χ1) is 11.6. The summed E-state index contributed by atoms with van der Waals surface area (Å²) in [7, 11) is 0. The van der Waals surface area contributed by atoms with Gasteiger partial charge in [0.05, 0.1) is 21.6 Å². The smallest absolute Gasteiger partial charge is 0.271 e. The van der Waals surface area contributed by atoms with Crippen LogP contribution in [-0.4, -0.2) is 15.6 Å². The van der Waals surface area contributed by atoms with Crippen molar-refractivity contribution in [3.05, 3.63) is 74.3 Å². The Bertz CT molecular complexity index is 816. The molecule has 1 saturated carbocycles. The number of hydrazone groups is 1. The van der Waals surface area contributed by atoms with Gasteiger partial charge in [-0.05, 0) is 24.5 Å². The molecule has 1 aliphatic carbocycles. The number of hydrogen-bond acceptors (Lipinski definition) is 6. The summed E-state index contributed by atoms with van der Waals surface area (Å²) in [4.78, 5) is 20.6. The second kappa shape index (κ2) is 6.45. The zero-order valence-electron chi connectivity index (χ0n) is 12.6. The lowest BCUT2D eigenvalue weighted by atomic mass is 10.1. The number of benzene rings is 2. The lowest BCUT2D eigenvalue weighted by Crippen LogP contribution is -2.07. The molecule has 2 aromatic carbocycles. The van der Waals surface area contributed by atoms with Gasteiger partial charge in [-0.1, -0.05) is 30.3 Å². The van der Waals surface area contributed by atoms with Gasteiger partial charge in [0, 0.05) is 12.0 Å². The van der Waals surface area contributed by atoms with Gasteiger partial charge in [-0.15, -0.1) is 0 Å². The lowest BCUT2D eigenvalue weighted by molar-refractivity contribution is -0.393. The Labute approximate surface area is 137 Å². The van der Waals surface area contributed by atoms with E-state index in [9.17, 15) is 20.2 Å². The first-order valence-corrected chi connectivity index (χ1v) is 7.38. The van der Waals surface area contributed by atoms with E-state index in [-0.39, 0.29) is 17.1 Å². The summed E-state index contributed by atoms with van der Waals surface area (Å²) < 4.78 is 0. The maximum absolute atomic E-state index is 11.2. The molecule has 0 aliphatic heterocycles. The molecular formula is C16H14N4O4. The Hall–Kier alpha value is -3.29. The van der Waals surface area contributed by atoms with E-state index in [1.165, 1.54) is 12.1 Å². The standard InChI is InChI=1S/C16H14N4O4/c21-19(22)13-8-9-14(15(10-13)20(23)24)17-18-16(12-6-7-12)11-4-2-1-3-5-11/h1-5,8-10,12,17H,6-7H2. The molecule has 0 amide bonds. The van der Waals surface area contributed by atoms with Gasteiger partial charge in [0.15, 0.2) is 0 Å². The maximum atomic E-state index is 11.2. The minimum Gasteiger partial charge on any atom is -0.271 e. The minimum absolute atomic E-state index is 0.125. The van der Waals surface area contributed by atoms with E-state index >= 15 is 0 Å². The van der Waals surface area contributed by atoms with E-state index in [0.29, 0.717) is 5.92 Å². The summed E-state index contributed by atoms with van der Waals surface area (Å²) in [5.41, 5.74) is 3.91. The van der Waals surface area contributed by atoms with Crippen molar-refractivity contribution >= 4 is 22.8 Å². The molecule has 0 heterocycles. The summed E-state index contributed by atoms with van der Waals surface area (Å²) in [6.45, 7) is 0. The molecule has 0 aromatic heterocycles. The predicted molar refractivity (Wildman–Crippen MR) is 89.1 cm³/mol. The number of nitro benzene ring substituents is 2. The molecule has 0 saturated heterocycles. The fraction of sp³-hybridized carbons (Fsp3) is 0.188. The second-order valence-electron chi connectivity index (χ2n) is 5.46. The van der Waals surface area contributed by atoms with Gasteiger partial charge >= 0.3 is 5.69 Å². The number of hydrogen-bond donors (Lipinski definition) is 1. The molecule has 1 fully saturated rings. The van der Waals surface area contributed by atoms with Crippen LogP contribution < -0.4 is 5.43 Å². The molecule has 0 atom stereocenters. The highest BCUT2D eigenvalue weighted by atomic mass is 16.6. The predicted octanol–water partition coefficient (Wildman–Crippen LogP) is 3.73. The van der Waals surface area contributed by atoms with Crippen LogP contribution in [0.25, 0.3) is 0 Å². The van der Waals surface area contributed by atoms with E-state index in [0.717, 1.165) is 30.2 Å². The zero-order valence-corrected chi connectivity index (χ0v) is 12.6. The first kappa shape index (κ1) is 15.6. The van der Waals surface area contributed by atoms with Gasteiger partial charge in [0.1, 0.15) is 5.69 Å². The third-order valence-corrected chi connectivity index (χ3v) is 3.72. The summed E-state index contributed by atoms with van der Waals surface area (Å²) in [6, 6.07) is 13.0. The maximum Gasteiger partial charge on any atom is 0.301 e. The van der Waals surface area contributed by atoms with Crippen LogP contribution in [0.4, 0.5) is 17.1 Å². The van der Waals surface area contributed by atoms with E-state index in [1.54, 1.807) is 0 Å². The van der Waals surface area contributed by atoms with Gasteiger partial charge in [0.25, 0.3) is 5.69 Å². The van der Waals surface area contributed by atoms with Gasteiger partial charge in [-0.2, -0.15) is 5.10 Å². The number of nitrogens with one attached hydrogen (secondary N) is 1. The van der Waals surface area contributed by atoms with Gasteiger partial charge in [-0.25, -0.2) is 0 Å². The number of nitrogens with zero attached hydrogens (tertiary/aromatic N) is 3. The topological polar surface area (TPSA) is 111 Å². The Balaban J connectivity index is 1.92. The Kier molecular flexibility index (Phi) is 4.19. The molecule has 2 aromatic rings. The number of rotatable bonds is 6. The molecule has 0 spiro atoms. The molecule has 122 valence electrons. The Morgan fingerprint density at radius 2 is 1.75 bits per heavy atom. The number of non-ortho nitro benzene ring substituents is 1. The van der Waals surface area contributed by atoms with Gasteiger partial charge in [0.2, 0.25) is 0 Å². The summed E-state index contributed by atoms with van der Waals surface area (Å²) in [5, 5.41) is 26.3. The fourth-order valence-corrected chi connectivity index (χ4v) is 2.36. The lowest BCUT2D eigenvalue weighted by Gasteiger charge is -2.07. The molecule has 1 aliphatic rings. The number of nitro groups is 2. The van der Waals surface area contributed by atoms with Crippen LogP contribution in [0.1, 0.15) is 18.4 Å². The SMILES string of the molecule is O=[N+]([O-])c1ccc(NN=C(c2ccccc2)C2CC2)c([N+](=O)[O-])c1. The number of anilines is 1. The minimum atomic E-state index is -0.667. The highest BCUT2D eigenvalue weighted by Crippen LogP contribution is 2.34. The van der Waals surface area contributed by atoms with Crippen LogP contribution in [0.5, 0.6) is 0 Å². The summed E-state index contributed by atoms with van der Waals surface area (Å²) >= 11 is 0. The molecule has 0 bridgehead atoms. The summed E-state index contributed by atoms with van der Waals surface area (Å²) in [5.74, 6) is 0.331. The largest absolute Gasteiger partial charge is 0.301 e. The highest BCUT2D eigenvalue weighted by molar-refractivity contribution is 6.04. The van der Waals surface area contributed by atoms with Crippen LogP contribution in [0.15, 0.2) is 53.6 Å². The molecule has 0 unspecified atom stereocenters. The van der Waals surface area contributed by atoms with Crippen molar-refractivity contribution in [3.8, 4) is 0 Å². The van der Waals surface area contributed by atoms with Crippen LogP contribution >= 0.6 is 0 Å². The quantitative estimate of drug-likeness (QED) is 0.494. The van der Waals surface area contributed by atoms with Crippen molar-refractivity contribution in [2.24, 2.45) is 11.0 Å². The highest BCUT2D eigenvalue weighted by Gasteiger charge is 2.29. The molecular weight excluding hydrogens is 312 g/mol. The van der Waals surface area contributed by atoms with Crippen molar-refractivity contribution in [1.29, 1.82) is 0 Å². The average molecular weight is 326 g/mol. The third kappa shape index (κ3) is 3.37. The van der Waals surface area contributed by atoms with Gasteiger partial charge < -0.3 is 0 Å². The van der Waals surface area contributed by atoms with E-state index in [4.69, 9.17) is 0 Å². The Morgan fingerprint density at radius 3 is 2.33 bits per heavy atom. The molecule has 8 heteroatoms. The zero-order chi connectivity index (χ0) is 17.1. The van der Waals surface area contributed by atoms with Crippen molar-refractivity contribution in [2.45, 2.75) is 12.8 Å². The molecule has 8 nitrogen and oxygen atoms in total. The normalized spacial score (nSPS) is 14.2.